The predicted molar refractivity (Wildman–Crippen MR) is 81.6 cm³/mol. The quantitative estimate of drug-likeness (QED) is 0.910. The summed E-state index contributed by atoms with van der Waals surface area (Å²) in [7, 11) is 1.96. The van der Waals surface area contributed by atoms with Gasteiger partial charge in [-0.15, -0.1) is 23.7 Å². The van der Waals surface area contributed by atoms with Crippen LogP contribution < -0.4 is 5.32 Å². The maximum absolute atomic E-state index is 12.5. The van der Waals surface area contributed by atoms with E-state index in [0.717, 1.165) is 37.2 Å². The van der Waals surface area contributed by atoms with Gasteiger partial charge < -0.3 is 10.2 Å². The van der Waals surface area contributed by atoms with Gasteiger partial charge in [0.2, 0.25) is 0 Å². The van der Waals surface area contributed by atoms with Crippen LogP contribution in [0.1, 0.15) is 39.4 Å². The normalized spacial score (nSPS) is 18.8. The second kappa shape index (κ2) is 6.25. The van der Waals surface area contributed by atoms with Gasteiger partial charge in [-0.25, -0.2) is 0 Å². The number of halogens is 1. The Hall–Kier alpha value is -0.580. The minimum Gasteiger partial charge on any atom is -0.338 e. The van der Waals surface area contributed by atoms with Crippen molar-refractivity contribution in [1.82, 2.24) is 10.2 Å². The summed E-state index contributed by atoms with van der Waals surface area (Å²) in [6, 6.07) is 2.54. The fourth-order valence-corrected chi connectivity index (χ4v) is 4.20. The van der Waals surface area contributed by atoms with Crippen molar-refractivity contribution in [1.29, 1.82) is 0 Å². The first-order valence-corrected chi connectivity index (χ1v) is 7.67. The summed E-state index contributed by atoms with van der Waals surface area (Å²) >= 11 is 1.72. The third-order valence-corrected chi connectivity index (χ3v) is 5.36. The Labute approximate surface area is 124 Å². The molecule has 0 saturated carbocycles. The minimum atomic E-state index is 0. The number of hydrogen-bond acceptors (Lipinski definition) is 3. The van der Waals surface area contributed by atoms with Crippen LogP contribution in [0.25, 0.3) is 0 Å². The zero-order chi connectivity index (χ0) is 12.5. The average molecular weight is 301 g/mol. The van der Waals surface area contributed by atoms with Gasteiger partial charge in [0.15, 0.2) is 0 Å². The Balaban J connectivity index is 0.00000133. The van der Waals surface area contributed by atoms with Gasteiger partial charge in [-0.2, -0.15) is 0 Å². The topological polar surface area (TPSA) is 32.3 Å². The summed E-state index contributed by atoms with van der Waals surface area (Å²) in [5.41, 5.74) is 1.42. The largest absolute Gasteiger partial charge is 0.338 e. The number of fused-ring (bicyclic) bond motifs is 1. The molecule has 1 aliphatic carbocycles. The molecule has 0 atom stereocenters. The van der Waals surface area contributed by atoms with Gasteiger partial charge >= 0.3 is 0 Å². The number of thiophene rings is 1. The van der Waals surface area contributed by atoms with E-state index in [1.807, 2.05) is 11.9 Å². The fraction of sp³-hybridized carbons (Fsp3) is 0.643. The van der Waals surface area contributed by atoms with E-state index in [4.69, 9.17) is 0 Å². The molecule has 0 unspecified atom stereocenters. The van der Waals surface area contributed by atoms with E-state index >= 15 is 0 Å². The van der Waals surface area contributed by atoms with Crippen LogP contribution in [0.15, 0.2) is 6.07 Å². The molecule has 3 nitrogen and oxygen atoms in total. The summed E-state index contributed by atoms with van der Waals surface area (Å²) < 4.78 is 0. The molecule has 0 spiro atoms. The number of carbonyl (C=O) groups is 1. The van der Waals surface area contributed by atoms with Crippen molar-refractivity contribution >= 4 is 29.7 Å². The number of piperidine rings is 1. The highest BCUT2D eigenvalue weighted by Crippen LogP contribution is 2.31. The maximum Gasteiger partial charge on any atom is 0.263 e. The van der Waals surface area contributed by atoms with Crippen LogP contribution in [0, 0.1) is 0 Å². The molecule has 0 radical (unpaired) electrons. The predicted octanol–water partition coefficient (Wildman–Crippen LogP) is 2.48. The van der Waals surface area contributed by atoms with Crippen molar-refractivity contribution in [2.75, 3.05) is 20.1 Å². The number of carbonyl (C=O) groups excluding carboxylic acids is 1. The molecular weight excluding hydrogens is 280 g/mol. The third-order valence-electron chi connectivity index (χ3n) is 4.13. The standard InChI is InChI=1S/C14H20N2OS.ClH/c1-16(11-5-7-15-8-6-11)14(17)13-9-10-3-2-4-12(10)18-13;/h9,11,15H,2-8H2,1H3;1H. The zero-order valence-electron chi connectivity index (χ0n) is 11.3. The van der Waals surface area contributed by atoms with Gasteiger partial charge in [0, 0.05) is 18.0 Å². The first-order valence-electron chi connectivity index (χ1n) is 6.85. The first-order chi connectivity index (χ1) is 8.75. The Morgan fingerprint density at radius 1 is 1.37 bits per heavy atom. The lowest BCUT2D eigenvalue weighted by atomic mass is 10.1. The smallest absolute Gasteiger partial charge is 0.263 e. The summed E-state index contributed by atoms with van der Waals surface area (Å²) in [5.74, 6) is 0.223. The lowest BCUT2D eigenvalue weighted by Gasteiger charge is -2.31. The van der Waals surface area contributed by atoms with Crippen molar-refractivity contribution in [3.05, 3.63) is 21.4 Å². The molecule has 1 aromatic heterocycles. The number of nitrogens with one attached hydrogen (secondary N) is 1. The second-order valence-corrected chi connectivity index (χ2v) is 6.45. The Kier molecular flexibility index (Phi) is 4.87. The molecule has 0 bridgehead atoms. The minimum absolute atomic E-state index is 0. The Morgan fingerprint density at radius 2 is 2.11 bits per heavy atom. The van der Waals surface area contributed by atoms with Gasteiger partial charge in [-0.05, 0) is 56.8 Å². The number of aryl methyl sites for hydroxylation is 2. The third kappa shape index (κ3) is 2.96. The molecule has 1 aliphatic heterocycles. The number of amides is 1. The van der Waals surface area contributed by atoms with E-state index in [1.165, 1.54) is 23.3 Å². The zero-order valence-corrected chi connectivity index (χ0v) is 12.9. The molecular formula is C14H21ClN2OS. The SMILES string of the molecule is CN(C(=O)c1cc2c(s1)CCC2)C1CCNCC1.Cl. The molecule has 106 valence electrons. The highest BCUT2D eigenvalue weighted by Gasteiger charge is 2.25. The van der Waals surface area contributed by atoms with E-state index in [1.54, 1.807) is 11.3 Å². The van der Waals surface area contributed by atoms with Gasteiger partial charge in [0.1, 0.15) is 0 Å². The molecule has 5 heteroatoms. The van der Waals surface area contributed by atoms with E-state index < -0.39 is 0 Å². The summed E-state index contributed by atoms with van der Waals surface area (Å²) in [6.07, 6.45) is 5.75. The van der Waals surface area contributed by atoms with Gasteiger partial charge in [0.25, 0.3) is 5.91 Å². The molecule has 3 rings (SSSR count). The maximum atomic E-state index is 12.5. The van der Waals surface area contributed by atoms with E-state index in [0.29, 0.717) is 6.04 Å². The van der Waals surface area contributed by atoms with Crippen LogP contribution in [0.3, 0.4) is 0 Å². The highest BCUT2D eigenvalue weighted by atomic mass is 35.5. The van der Waals surface area contributed by atoms with E-state index in [9.17, 15) is 4.79 Å². The monoisotopic (exact) mass is 300 g/mol. The van der Waals surface area contributed by atoms with Crippen molar-refractivity contribution in [3.8, 4) is 0 Å². The van der Waals surface area contributed by atoms with Crippen LogP contribution in [0.5, 0.6) is 0 Å². The molecule has 2 aliphatic rings. The molecule has 1 N–H and O–H groups in total. The molecule has 1 amide bonds. The number of hydrogen-bond donors (Lipinski definition) is 1. The van der Waals surface area contributed by atoms with Crippen LogP contribution in [0.4, 0.5) is 0 Å². The summed E-state index contributed by atoms with van der Waals surface area (Å²) in [5, 5.41) is 3.34. The first kappa shape index (κ1) is 14.8. The lowest BCUT2D eigenvalue weighted by molar-refractivity contribution is 0.0708. The van der Waals surface area contributed by atoms with Crippen LogP contribution >= 0.6 is 23.7 Å². The van der Waals surface area contributed by atoms with Crippen molar-refractivity contribution in [2.24, 2.45) is 0 Å². The second-order valence-electron chi connectivity index (χ2n) is 5.31. The fourth-order valence-electron chi connectivity index (χ4n) is 2.97. The lowest BCUT2D eigenvalue weighted by Crippen LogP contribution is -2.43. The van der Waals surface area contributed by atoms with E-state index in [-0.39, 0.29) is 18.3 Å². The average Bonchev–Trinajstić information content (AvgIpc) is 2.99. The highest BCUT2D eigenvalue weighted by molar-refractivity contribution is 7.14. The molecule has 1 aromatic rings. The van der Waals surface area contributed by atoms with Gasteiger partial charge in [-0.1, -0.05) is 0 Å². The van der Waals surface area contributed by atoms with Gasteiger partial charge in [-0.3, -0.25) is 4.79 Å². The Bertz CT molecular complexity index is 433. The van der Waals surface area contributed by atoms with Crippen molar-refractivity contribution < 1.29 is 4.79 Å². The van der Waals surface area contributed by atoms with Crippen LogP contribution in [-0.2, 0) is 12.8 Å². The Morgan fingerprint density at radius 3 is 2.79 bits per heavy atom. The molecule has 19 heavy (non-hydrogen) atoms. The van der Waals surface area contributed by atoms with Crippen LogP contribution in [0.2, 0.25) is 0 Å². The van der Waals surface area contributed by atoms with Crippen LogP contribution in [-0.4, -0.2) is 37.0 Å². The molecule has 0 aromatic carbocycles. The summed E-state index contributed by atoms with van der Waals surface area (Å²) in [6.45, 7) is 2.06. The van der Waals surface area contributed by atoms with E-state index in [2.05, 4.69) is 11.4 Å². The molecule has 2 heterocycles. The molecule has 1 saturated heterocycles. The molecule has 1 fully saturated rings. The van der Waals surface area contributed by atoms with Crippen molar-refractivity contribution in [3.63, 3.8) is 0 Å². The number of rotatable bonds is 2. The van der Waals surface area contributed by atoms with Gasteiger partial charge in [0.05, 0.1) is 4.88 Å². The number of nitrogens with zero attached hydrogens (tertiary/aromatic N) is 1. The summed E-state index contributed by atoms with van der Waals surface area (Å²) in [4.78, 5) is 16.8. The van der Waals surface area contributed by atoms with Crippen molar-refractivity contribution in [2.45, 2.75) is 38.1 Å².